The second kappa shape index (κ2) is 2.99. The second-order valence-corrected chi connectivity index (χ2v) is 4.62. The minimum atomic E-state index is 0.484. The summed E-state index contributed by atoms with van der Waals surface area (Å²) in [5.41, 5.74) is 5.53. The molecule has 1 aliphatic rings. The molecule has 0 aromatic carbocycles. The fourth-order valence-corrected chi connectivity index (χ4v) is 2.39. The molecule has 6 heteroatoms. The molecule has 5 nitrogen and oxygen atoms in total. The minimum Gasteiger partial charge on any atom is -0.324 e. The van der Waals surface area contributed by atoms with Crippen molar-refractivity contribution >= 4 is 16.3 Å². The summed E-state index contributed by atoms with van der Waals surface area (Å²) in [7, 11) is 0. The molecule has 0 atom stereocenters. The maximum absolute atomic E-state index is 5.53. The van der Waals surface area contributed by atoms with Crippen molar-refractivity contribution in [2.75, 3.05) is 0 Å². The van der Waals surface area contributed by atoms with Crippen molar-refractivity contribution in [2.24, 2.45) is 5.73 Å². The Morgan fingerprint density at radius 1 is 1.43 bits per heavy atom. The van der Waals surface area contributed by atoms with Crippen molar-refractivity contribution < 1.29 is 0 Å². The maximum Gasteiger partial charge on any atom is 0.234 e. The van der Waals surface area contributed by atoms with Crippen LogP contribution in [0, 0.1) is 0 Å². The minimum absolute atomic E-state index is 0.484. The predicted octanol–water partition coefficient (Wildman–Crippen LogP) is 0.912. The van der Waals surface area contributed by atoms with Crippen molar-refractivity contribution in [1.29, 1.82) is 0 Å². The van der Waals surface area contributed by atoms with Crippen molar-refractivity contribution in [2.45, 2.75) is 31.7 Å². The van der Waals surface area contributed by atoms with Crippen LogP contribution in [0.4, 0.5) is 0 Å². The fourth-order valence-electron chi connectivity index (χ4n) is 1.68. The summed E-state index contributed by atoms with van der Waals surface area (Å²) in [6, 6.07) is 0. The van der Waals surface area contributed by atoms with Gasteiger partial charge >= 0.3 is 0 Å². The third-order valence-electron chi connectivity index (χ3n) is 2.70. The van der Waals surface area contributed by atoms with Crippen LogP contribution in [0.15, 0.2) is 0 Å². The summed E-state index contributed by atoms with van der Waals surface area (Å²) in [6.07, 6.45) is 3.74. The van der Waals surface area contributed by atoms with Crippen LogP contribution in [0.1, 0.15) is 36.0 Å². The van der Waals surface area contributed by atoms with E-state index in [4.69, 9.17) is 5.73 Å². The Morgan fingerprint density at radius 3 is 2.93 bits per heavy atom. The monoisotopic (exact) mass is 209 g/mol. The third-order valence-corrected chi connectivity index (χ3v) is 3.62. The smallest absolute Gasteiger partial charge is 0.234 e. The zero-order chi connectivity index (χ0) is 9.54. The summed E-state index contributed by atoms with van der Waals surface area (Å²) in [6.45, 7) is 0.484. The lowest BCUT2D eigenvalue weighted by molar-refractivity contribution is 0.395. The van der Waals surface area contributed by atoms with Gasteiger partial charge in [-0.15, -0.1) is 10.2 Å². The van der Waals surface area contributed by atoms with E-state index in [1.165, 1.54) is 30.6 Å². The normalized spacial score (nSPS) is 17.5. The molecule has 1 saturated carbocycles. The van der Waals surface area contributed by atoms with Gasteiger partial charge in [0.15, 0.2) is 5.82 Å². The van der Waals surface area contributed by atoms with Gasteiger partial charge in [0.25, 0.3) is 0 Å². The highest BCUT2D eigenvalue weighted by Crippen LogP contribution is 2.35. The fraction of sp³-hybridized carbons (Fsp3) is 0.625. The van der Waals surface area contributed by atoms with E-state index in [1.54, 1.807) is 0 Å². The zero-order valence-electron chi connectivity index (χ0n) is 7.68. The molecule has 2 N–H and O–H groups in total. The number of nitrogens with zero attached hydrogens (tertiary/aromatic N) is 4. The number of nitrogens with two attached hydrogens (primary N) is 1. The number of hydrogen-bond donors (Lipinski definition) is 1. The second-order valence-electron chi connectivity index (χ2n) is 3.58. The Labute approximate surface area is 84.9 Å². The van der Waals surface area contributed by atoms with Crippen LogP contribution in [-0.4, -0.2) is 19.8 Å². The van der Waals surface area contributed by atoms with Gasteiger partial charge in [-0.2, -0.15) is 9.61 Å². The Bertz CT molecular complexity index is 455. The van der Waals surface area contributed by atoms with E-state index < -0.39 is 0 Å². The van der Waals surface area contributed by atoms with Gasteiger partial charge in [0, 0.05) is 12.5 Å². The van der Waals surface area contributed by atoms with E-state index in [0.717, 1.165) is 15.8 Å². The van der Waals surface area contributed by atoms with Crippen LogP contribution >= 0.6 is 11.3 Å². The first-order chi connectivity index (χ1) is 6.88. The molecule has 2 aromatic rings. The van der Waals surface area contributed by atoms with Crippen molar-refractivity contribution in [3.8, 4) is 0 Å². The molecule has 1 fully saturated rings. The van der Waals surface area contributed by atoms with Gasteiger partial charge in [-0.25, -0.2) is 0 Å². The lowest BCUT2D eigenvalue weighted by Crippen LogP contribution is -2.13. The summed E-state index contributed by atoms with van der Waals surface area (Å²) in [4.78, 5) is 0.868. The van der Waals surface area contributed by atoms with Crippen molar-refractivity contribution in [3.63, 3.8) is 0 Å². The van der Waals surface area contributed by atoms with Gasteiger partial charge in [-0.1, -0.05) is 17.8 Å². The standard InChI is InChI=1S/C8H11N5S/c9-4-6-12-13-7(5-2-1-3-5)10-11-8(13)14-6/h5H,1-4,9H2. The van der Waals surface area contributed by atoms with Crippen LogP contribution < -0.4 is 5.73 Å². The molecule has 0 aliphatic heterocycles. The SMILES string of the molecule is NCc1nn2c(C3CCC3)nnc2s1. The van der Waals surface area contributed by atoms with Crippen molar-refractivity contribution in [3.05, 3.63) is 10.8 Å². The molecule has 0 radical (unpaired) electrons. The highest BCUT2D eigenvalue weighted by Gasteiger charge is 2.25. The van der Waals surface area contributed by atoms with Gasteiger partial charge in [-0.3, -0.25) is 0 Å². The van der Waals surface area contributed by atoms with Crippen LogP contribution in [0.2, 0.25) is 0 Å². The lowest BCUT2D eigenvalue weighted by Gasteiger charge is -2.22. The van der Waals surface area contributed by atoms with Gasteiger partial charge in [0.05, 0.1) is 0 Å². The lowest BCUT2D eigenvalue weighted by atomic mass is 9.85. The van der Waals surface area contributed by atoms with Gasteiger partial charge < -0.3 is 5.73 Å². The molecule has 1 aliphatic carbocycles. The number of aromatic nitrogens is 4. The Morgan fingerprint density at radius 2 is 2.29 bits per heavy atom. The zero-order valence-corrected chi connectivity index (χ0v) is 8.50. The summed E-state index contributed by atoms with van der Waals surface area (Å²) >= 11 is 1.52. The molecule has 74 valence electrons. The number of rotatable bonds is 2. The molecular weight excluding hydrogens is 198 g/mol. The topological polar surface area (TPSA) is 69.1 Å². The molecule has 0 bridgehead atoms. The number of fused-ring (bicyclic) bond motifs is 1. The van der Waals surface area contributed by atoms with Crippen LogP contribution in [0.5, 0.6) is 0 Å². The molecule has 0 saturated heterocycles. The van der Waals surface area contributed by atoms with E-state index >= 15 is 0 Å². The van der Waals surface area contributed by atoms with E-state index in [-0.39, 0.29) is 0 Å². The summed E-state index contributed by atoms with van der Waals surface area (Å²) in [5.74, 6) is 1.58. The first kappa shape index (κ1) is 8.31. The Kier molecular flexibility index (Phi) is 1.78. The van der Waals surface area contributed by atoms with Crippen LogP contribution in [0.3, 0.4) is 0 Å². The molecule has 0 amide bonds. The van der Waals surface area contributed by atoms with Gasteiger partial charge in [0.2, 0.25) is 4.96 Å². The molecule has 14 heavy (non-hydrogen) atoms. The Balaban J connectivity index is 2.09. The Hall–Kier alpha value is -1.01. The number of hydrogen-bond acceptors (Lipinski definition) is 5. The highest BCUT2D eigenvalue weighted by molar-refractivity contribution is 7.16. The van der Waals surface area contributed by atoms with E-state index in [0.29, 0.717) is 12.5 Å². The first-order valence-electron chi connectivity index (χ1n) is 4.79. The molecular formula is C8H11N5S. The van der Waals surface area contributed by atoms with E-state index in [1.807, 2.05) is 4.52 Å². The van der Waals surface area contributed by atoms with Gasteiger partial charge in [-0.05, 0) is 12.8 Å². The maximum atomic E-state index is 5.53. The van der Waals surface area contributed by atoms with Crippen molar-refractivity contribution in [1.82, 2.24) is 19.8 Å². The molecule has 0 unspecified atom stereocenters. The van der Waals surface area contributed by atoms with E-state index in [2.05, 4.69) is 15.3 Å². The molecule has 2 heterocycles. The quantitative estimate of drug-likeness (QED) is 0.798. The average molecular weight is 209 g/mol. The molecule has 0 spiro atoms. The largest absolute Gasteiger partial charge is 0.324 e. The van der Waals surface area contributed by atoms with Gasteiger partial charge in [0.1, 0.15) is 5.01 Å². The third kappa shape index (κ3) is 1.07. The summed E-state index contributed by atoms with van der Waals surface area (Å²) in [5, 5.41) is 13.6. The first-order valence-corrected chi connectivity index (χ1v) is 5.61. The van der Waals surface area contributed by atoms with Crippen LogP contribution in [0.25, 0.3) is 4.96 Å². The summed E-state index contributed by atoms with van der Waals surface area (Å²) < 4.78 is 1.86. The predicted molar refractivity (Wildman–Crippen MR) is 53.1 cm³/mol. The molecule has 2 aromatic heterocycles. The van der Waals surface area contributed by atoms with Crippen LogP contribution in [-0.2, 0) is 6.54 Å². The molecule has 3 rings (SSSR count). The average Bonchev–Trinajstić information content (AvgIpc) is 2.63. The van der Waals surface area contributed by atoms with E-state index in [9.17, 15) is 0 Å². The highest BCUT2D eigenvalue weighted by atomic mass is 32.1.